The normalized spacial score (nSPS) is 11.6. The molecule has 0 atom stereocenters. The quantitative estimate of drug-likeness (QED) is 0.565. The molecule has 3 aromatic rings. The summed E-state index contributed by atoms with van der Waals surface area (Å²) in [7, 11) is 0. The standard InChI is InChI=1S/C19H19NO3/c1-14-18(15(2)22-20-14)13-19(23-21,16-9-5-3-6-10-16)17-11-7-4-8-12-17/h3-12,21H,13H2,1-2H3. The van der Waals surface area contributed by atoms with E-state index >= 15 is 0 Å². The first kappa shape index (κ1) is 15.5. The Balaban J connectivity index is 2.17. The summed E-state index contributed by atoms with van der Waals surface area (Å²) in [5.41, 5.74) is 2.47. The molecule has 0 amide bonds. The number of benzene rings is 2. The lowest BCUT2D eigenvalue weighted by Crippen LogP contribution is -2.33. The van der Waals surface area contributed by atoms with E-state index in [1.807, 2.05) is 74.5 Å². The van der Waals surface area contributed by atoms with Crippen molar-refractivity contribution in [1.29, 1.82) is 0 Å². The number of rotatable bonds is 5. The summed E-state index contributed by atoms with van der Waals surface area (Å²) in [6.45, 7) is 3.76. The second-order valence-electron chi connectivity index (χ2n) is 5.63. The second-order valence-corrected chi connectivity index (χ2v) is 5.63. The van der Waals surface area contributed by atoms with Crippen molar-refractivity contribution < 1.29 is 14.7 Å². The fourth-order valence-electron chi connectivity index (χ4n) is 2.93. The Labute approximate surface area is 135 Å². The van der Waals surface area contributed by atoms with Crippen LogP contribution in [0.3, 0.4) is 0 Å². The van der Waals surface area contributed by atoms with Gasteiger partial charge in [-0.1, -0.05) is 65.8 Å². The van der Waals surface area contributed by atoms with E-state index in [9.17, 15) is 5.26 Å². The molecule has 3 rings (SSSR count). The van der Waals surface area contributed by atoms with Crippen molar-refractivity contribution in [1.82, 2.24) is 5.16 Å². The Morgan fingerprint density at radius 1 is 0.957 bits per heavy atom. The predicted molar refractivity (Wildman–Crippen MR) is 87.1 cm³/mol. The van der Waals surface area contributed by atoms with Crippen LogP contribution in [0.2, 0.25) is 0 Å². The SMILES string of the molecule is Cc1noc(C)c1CC(OO)(c1ccccc1)c1ccccc1. The molecule has 23 heavy (non-hydrogen) atoms. The van der Waals surface area contributed by atoms with Gasteiger partial charge in [0.1, 0.15) is 5.76 Å². The van der Waals surface area contributed by atoms with E-state index < -0.39 is 5.60 Å². The molecule has 0 aliphatic heterocycles. The minimum Gasteiger partial charge on any atom is -0.361 e. The molecule has 0 saturated carbocycles. The zero-order valence-corrected chi connectivity index (χ0v) is 13.2. The van der Waals surface area contributed by atoms with E-state index in [4.69, 9.17) is 9.41 Å². The molecule has 1 aromatic heterocycles. The Bertz CT molecular complexity index is 707. The van der Waals surface area contributed by atoms with Crippen molar-refractivity contribution in [2.45, 2.75) is 25.9 Å². The maximum Gasteiger partial charge on any atom is 0.157 e. The molecular weight excluding hydrogens is 290 g/mol. The molecular formula is C19H19NO3. The first-order chi connectivity index (χ1) is 11.2. The van der Waals surface area contributed by atoms with Crippen LogP contribution >= 0.6 is 0 Å². The molecule has 0 saturated heterocycles. The first-order valence-corrected chi connectivity index (χ1v) is 7.53. The van der Waals surface area contributed by atoms with Gasteiger partial charge in [0, 0.05) is 12.0 Å². The van der Waals surface area contributed by atoms with Crippen molar-refractivity contribution in [3.8, 4) is 0 Å². The molecule has 0 aliphatic carbocycles. The largest absolute Gasteiger partial charge is 0.361 e. The smallest absolute Gasteiger partial charge is 0.157 e. The van der Waals surface area contributed by atoms with Gasteiger partial charge in [-0.25, -0.2) is 4.89 Å². The lowest BCUT2D eigenvalue weighted by Gasteiger charge is -2.31. The summed E-state index contributed by atoms with van der Waals surface area (Å²) >= 11 is 0. The van der Waals surface area contributed by atoms with Crippen LogP contribution in [0.25, 0.3) is 0 Å². The van der Waals surface area contributed by atoms with Gasteiger partial charge in [-0.05, 0) is 25.0 Å². The maximum absolute atomic E-state index is 9.91. The van der Waals surface area contributed by atoms with Gasteiger partial charge in [0.2, 0.25) is 0 Å². The minimum absolute atomic E-state index is 0.429. The number of hydrogen-bond donors (Lipinski definition) is 1. The fourth-order valence-corrected chi connectivity index (χ4v) is 2.93. The average Bonchev–Trinajstić information content (AvgIpc) is 2.92. The highest BCUT2D eigenvalue weighted by Gasteiger charge is 2.38. The van der Waals surface area contributed by atoms with E-state index in [0.717, 1.165) is 28.1 Å². The molecule has 0 aliphatic rings. The van der Waals surface area contributed by atoms with E-state index in [2.05, 4.69) is 5.16 Å². The van der Waals surface area contributed by atoms with Gasteiger partial charge in [0.25, 0.3) is 0 Å². The van der Waals surface area contributed by atoms with Crippen LogP contribution in [0.15, 0.2) is 65.2 Å². The van der Waals surface area contributed by atoms with E-state index in [-0.39, 0.29) is 0 Å². The number of aromatic nitrogens is 1. The van der Waals surface area contributed by atoms with Crippen LogP contribution in [0.4, 0.5) is 0 Å². The third kappa shape index (κ3) is 2.79. The number of hydrogen-bond acceptors (Lipinski definition) is 4. The zero-order chi connectivity index (χ0) is 16.3. The third-order valence-corrected chi connectivity index (χ3v) is 4.24. The topological polar surface area (TPSA) is 55.5 Å². The molecule has 2 aromatic carbocycles. The van der Waals surface area contributed by atoms with E-state index in [1.165, 1.54) is 0 Å². The van der Waals surface area contributed by atoms with Crippen LogP contribution in [0.1, 0.15) is 28.1 Å². The second kappa shape index (κ2) is 6.36. The monoisotopic (exact) mass is 309 g/mol. The van der Waals surface area contributed by atoms with Crippen LogP contribution in [0.5, 0.6) is 0 Å². The van der Waals surface area contributed by atoms with Crippen molar-refractivity contribution >= 4 is 0 Å². The summed E-state index contributed by atoms with van der Waals surface area (Å²) < 4.78 is 5.27. The average molecular weight is 309 g/mol. The summed E-state index contributed by atoms with van der Waals surface area (Å²) in [5, 5.41) is 13.9. The first-order valence-electron chi connectivity index (χ1n) is 7.53. The molecule has 1 heterocycles. The van der Waals surface area contributed by atoms with Crippen molar-refractivity contribution in [2.24, 2.45) is 0 Å². The third-order valence-electron chi connectivity index (χ3n) is 4.24. The fraction of sp³-hybridized carbons (Fsp3) is 0.211. The van der Waals surface area contributed by atoms with Crippen LogP contribution in [-0.2, 0) is 16.9 Å². The summed E-state index contributed by atoms with van der Waals surface area (Å²) in [6, 6.07) is 19.4. The van der Waals surface area contributed by atoms with Crippen LogP contribution in [0, 0.1) is 13.8 Å². The van der Waals surface area contributed by atoms with E-state index in [0.29, 0.717) is 6.42 Å². The molecule has 1 N–H and O–H groups in total. The molecule has 4 heteroatoms. The predicted octanol–water partition coefficient (Wildman–Crippen LogP) is 4.27. The lowest BCUT2D eigenvalue weighted by atomic mass is 9.81. The highest BCUT2D eigenvalue weighted by Crippen LogP contribution is 2.37. The minimum atomic E-state index is -1.01. The molecule has 0 radical (unpaired) electrons. The Hall–Kier alpha value is -2.43. The van der Waals surface area contributed by atoms with Crippen LogP contribution in [-0.4, -0.2) is 10.4 Å². The Morgan fingerprint density at radius 3 is 1.87 bits per heavy atom. The van der Waals surface area contributed by atoms with Gasteiger partial charge in [0.15, 0.2) is 5.60 Å². The van der Waals surface area contributed by atoms with E-state index in [1.54, 1.807) is 0 Å². The summed E-state index contributed by atoms with van der Waals surface area (Å²) in [4.78, 5) is 5.12. The Morgan fingerprint density at radius 2 is 1.48 bits per heavy atom. The summed E-state index contributed by atoms with van der Waals surface area (Å²) in [5.74, 6) is 0.732. The highest BCUT2D eigenvalue weighted by atomic mass is 17.1. The molecule has 0 unspecified atom stereocenters. The Kier molecular flexibility index (Phi) is 4.28. The van der Waals surface area contributed by atoms with Gasteiger partial charge >= 0.3 is 0 Å². The maximum atomic E-state index is 9.91. The van der Waals surface area contributed by atoms with Gasteiger partial charge in [-0.3, -0.25) is 5.26 Å². The summed E-state index contributed by atoms with van der Waals surface area (Å²) in [6.07, 6.45) is 0.429. The number of aryl methyl sites for hydroxylation is 2. The molecule has 118 valence electrons. The van der Waals surface area contributed by atoms with Crippen LogP contribution < -0.4 is 0 Å². The molecule has 4 nitrogen and oxygen atoms in total. The van der Waals surface area contributed by atoms with Crippen molar-refractivity contribution in [3.63, 3.8) is 0 Å². The number of nitrogens with zero attached hydrogens (tertiary/aromatic N) is 1. The van der Waals surface area contributed by atoms with Gasteiger partial charge in [0.05, 0.1) is 5.69 Å². The molecule has 0 spiro atoms. The van der Waals surface area contributed by atoms with Crippen molar-refractivity contribution in [3.05, 3.63) is 88.8 Å². The lowest BCUT2D eigenvalue weighted by molar-refractivity contribution is -0.315. The molecule has 0 fully saturated rings. The van der Waals surface area contributed by atoms with Crippen molar-refractivity contribution in [2.75, 3.05) is 0 Å². The zero-order valence-electron chi connectivity index (χ0n) is 13.2. The highest BCUT2D eigenvalue weighted by molar-refractivity contribution is 5.40. The van der Waals surface area contributed by atoms with Gasteiger partial charge < -0.3 is 4.52 Å². The molecule has 0 bridgehead atoms. The van der Waals surface area contributed by atoms with Gasteiger partial charge in [-0.2, -0.15) is 0 Å². The van der Waals surface area contributed by atoms with Gasteiger partial charge in [-0.15, -0.1) is 0 Å².